The Morgan fingerprint density at radius 3 is 2.24 bits per heavy atom. The highest BCUT2D eigenvalue weighted by atomic mass is 19.1. The van der Waals surface area contributed by atoms with Gasteiger partial charge in [0, 0.05) is 56.0 Å². The van der Waals surface area contributed by atoms with Crippen LogP contribution in [0.5, 0.6) is 5.75 Å². The summed E-state index contributed by atoms with van der Waals surface area (Å²) < 4.78 is 33.2. The molecule has 10 heteroatoms. The van der Waals surface area contributed by atoms with Gasteiger partial charge in [-0.3, -0.25) is 14.4 Å². The Morgan fingerprint density at radius 1 is 0.891 bits per heavy atom. The molecule has 0 aliphatic carbocycles. The number of carbonyl (C=O) groups is 3. The molecule has 0 fully saturated rings. The third-order valence-corrected chi connectivity index (χ3v) is 7.51. The average molecular weight is 637 g/mol. The van der Waals surface area contributed by atoms with Gasteiger partial charge in [0.2, 0.25) is 6.41 Å². The molecule has 0 bridgehead atoms. The second-order valence-corrected chi connectivity index (χ2v) is 11.5. The van der Waals surface area contributed by atoms with E-state index in [1.165, 1.54) is 12.1 Å². The quantitative estimate of drug-likeness (QED) is 0.134. The molecule has 0 aromatic heterocycles. The van der Waals surface area contributed by atoms with E-state index in [1.807, 2.05) is 45.0 Å². The fourth-order valence-electron chi connectivity index (χ4n) is 5.38. The largest absolute Gasteiger partial charge is 0.497 e. The standard InChI is InChI=1S/C36H46F2N4O4/c1-5-13-42(14-6-2)36(45)30-17-26(3)16-29(22-30)35(44)40-33(20-28-18-31(37)23-32(38)19-28)10-11-39-12-15-41(25-43)24-27-8-7-9-34(21-27)46-4/h7-9,16-19,21-23,25,33,39H,5-6,10-15,20,24H2,1-4H3,(H,40,44). The highest BCUT2D eigenvalue weighted by Gasteiger charge is 2.20. The minimum absolute atomic E-state index is 0.117. The minimum Gasteiger partial charge on any atom is -0.497 e. The summed E-state index contributed by atoms with van der Waals surface area (Å²) in [5, 5.41) is 6.33. The van der Waals surface area contributed by atoms with Gasteiger partial charge in [-0.25, -0.2) is 8.78 Å². The zero-order valence-corrected chi connectivity index (χ0v) is 27.3. The first-order valence-electron chi connectivity index (χ1n) is 15.9. The molecule has 3 rings (SSSR count). The van der Waals surface area contributed by atoms with E-state index in [4.69, 9.17) is 4.74 Å². The lowest BCUT2D eigenvalue weighted by Gasteiger charge is -2.23. The molecule has 3 aromatic carbocycles. The summed E-state index contributed by atoms with van der Waals surface area (Å²) >= 11 is 0. The summed E-state index contributed by atoms with van der Waals surface area (Å²) in [6, 6.07) is 15.5. The SMILES string of the molecule is CCCN(CCC)C(=O)c1cc(C)cc(C(=O)NC(CCNCCN(C=O)Cc2cccc(OC)c2)Cc2cc(F)cc(F)c2)c1. The molecule has 1 unspecified atom stereocenters. The molecule has 2 N–H and O–H groups in total. The highest BCUT2D eigenvalue weighted by molar-refractivity contribution is 6.00. The molecule has 0 saturated heterocycles. The number of ether oxygens (including phenoxy) is 1. The topological polar surface area (TPSA) is 91.0 Å². The number of amides is 3. The fourth-order valence-corrected chi connectivity index (χ4v) is 5.38. The lowest BCUT2D eigenvalue weighted by atomic mass is 10.0. The van der Waals surface area contributed by atoms with Crippen molar-refractivity contribution in [3.05, 3.63) is 100 Å². The van der Waals surface area contributed by atoms with Crippen molar-refractivity contribution in [1.82, 2.24) is 20.4 Å². The number of nitrogens with one attached hydrogen (secondary N) is 2. The van der Waals surface area contributed by atoms with Crippen LogP contribution in [-0.4, -0.2) is 73.9 Å². The van der Waals surface area contributed by atoms with Gasteiger partial charge in [-0.1, -0.05) is 26.0 Å². The Bertz CT molecular complexity index is 1430. The maximum Gasteiger partial charge on any atom is 0.253 e. The summed E-state index contributed by atoms with van der Waals surface area (Å²) in [6.07, 6.45) is 3.12. The molecular formula is C36H46F2N4O4. The van der Waals surface area contributed by atoms with Crippen molar-refractivity contribution in [1.29, 1.82) is 0 Å². The van der Waals surface area contributed by atoms with Crippen molar-refractivity contribution >= 4 is 18.2 Å². The number of hydrogen-bond donors (Lipinski definition) is 2. The third kappa shape index (κ3) is 11.6. The van der Waals surface area contributed by atoms with E-state index in [0.29, 0.717) is 62.4 Å². The van der Waals surface area contributed by atoms with Gasteiger partial charge in [0.25, 0.3) is 11.8 Å². The van der Waals surface area contributed by atoms with Crippen LogP contribution in [0.4, 0.5) is 8.78 Å². The molecule has 46 heavy (non-hydrogen) atoms. The summed E-state index contributed by atoms with van der Waals surface area (Å²) in [6.45, 7) is 9.02. The second-order valence-electron chi connectivity index (χ2n) is 11.5. The number of benzene rings is 3. The normalized spacial score (nSPS) is 11.5. The van der Waals surface area contributed by atoms with Crippen molar-refractivity contribution in [2.45, 2.75) is 59.0 Å². The van der Waals surface area contributed by atoms with E-state index >= 15 is 0 Å². The number of aryl methyl sites for hydroxylation is 1. The smallest absolute Gasteiger partial charge is 0.253 e. The number of halogens is 2. The number of methoxy groups -OCH3 is 1. The van der Waals surface area contributed by atoms with Crippen LogP contribution < -0.4 is 15.4 Å². The molecule has 0 heterocycles. The number of rotatable bonds is 19. The lowest BCUT2D eigenvalue weighted by Crippen LogP contribution is -2.40. The third-order valence-electron chi connectivity index (χ3n) is 7.51. The van der Waals surface area contributed by atoms with E-state index in [-0.39, 0.29) is 18.2 Å². The first kappa shape index (κ1) is 36.2. The molecule has 8 nitrogen and oxygen atoms in total. The maximum atomic E-state index is 14.0. The summed E-state index contributed by atoms with van der Waals surface area (Å²) in [7, 11) is 1.59. The van der Waals surface area contributed by atoms with Crippen molar-refractivity contribution in [3.63, 3.8) is 0 Å². The predicted molar refractivity (Wildman–Crippen MR) is 176 cm³/mol. The van der Waals surface area contributed by atoms with Crippen LogP contribution in [0.2, 0.25) is 0 Å². The summed E-state index contributed by atoms with van der Waals surface area (Å²) in [4.78, 5) is 41.9. The Morgan fingerprint density at radius 2 is 1.59 bits per heavy atom. The van der Waals surface area contributed by atoms with Gasteiger partial charge in [0.05, 0.1) is 7.11 Å². The Hall–Kier alpha value is -4.31. The highest BCUT2D eigenvalue weighted by Crippen LogP contribution is 2.16. The van der Waals surface area contributed by atoms with Gasteiger partial charge in [0.15, 0.2) is 0 Å². The van der Waals surface area contributed by atoms with Gasteiger partial charge in [-0.05, 0) is 98.3 Å². The first-order valence-corrected chi connectivity index (χ1v) is 15.9. The maximum absolute atomic E-state index is 14.0. The predicted octanol–water partition coefficient (Wildman–Crippen LogP) is 5.52. The van der Waals surface area contributed by atoms with Crippen molar-refractivity contribution < 1.29 is 27.9 Å². The van der Waals surface area contributed by atoms with Crippen LogP contribution in [0.15, 0.2) is 60.7 Å². The van der Waals surface area contributed by atoms with Crippen LogP contribution in [0.3, 0.4) is 0 Å². The summed E-state index contributed by atoms with van der Waals surface area (Å²) in [5.41, 5.74) is 2.94. The molecule has 3 aromatic rings. The van der Waals surface area contributed by atoms with E-state index in [0.717, 1.165) is 42.2 Å². The Balaban J connectivity index is 1.67. The molecule has 3 amide bonds. The zero-order valence-electron chi connectivity index (χ0n) is 27.3. The lowest BCUT2D eigenvalue weighted by molar-refractivity contribution is -0.118. The van der Waals surface area contributed by atoms with Gasteiger partial charge in [0.1, 0.15) is 17.4 Å². The van der Waals surface area contributed by atoms with Gasteiger partial charge < -0.3 is 25.2 Å². The number of nitrogens with zero attached hydrogens (tertiary/aromatic N) is 2. The van der Waals surface area contributed by atoms with Crippen LogP contribution in [0.1, 0.15) is 70.5 Å². The van der Waals surface area contributed by atoms with Crippen LogP contribution in [0.25, 0.3) is 0 Å². The Labute approximate surface area is 271 Å². The first-order chi connectivity index (χ1) is 22.1. The number of hydrogen-bond acceptors (Lipinski definition) is 5. The van der Waals surface area contributed by atoms with Gasteiger partial charge in [-0.15, -0.1) is 0 Å². The fraction of sp³-hybridized carbons (Fsp3) is 0.417. The Kier molecular flexibility index (Phi) is 14.6. The van der Waals surface area contributed by atoms with E-state index < -0.39 is 17.7 Å². The average Bonchev–Trinajstić information content (AvgIpc) is 3.02. The van der Waals surface area contributed by atoms with Crippen LogP contribution >= 0.6 is 0 Å². The summed E-state index contributed by atoms with van der Waals surface area (Å²) in [5.74, 6) is -1.14. The van der Waals surface area contributed by atoms with Crippen molar-refractivity contribution in [2.75, 3.05) is 39.8 Å². The van der Waals surface area contributed by atoms with Crippen molar-refractivity contribution in [2.24, 2.45) is 0 Å². The monoisotopic (exact) mass is 636 g/mol. The van der Waals surface area contributed by atoms with E-state index in [9.17, 15) is 23.2 Å². The van der Waals surface area contributed by atoms with Crippen LogP contribution in [0, 0.1) is 18.6 Å². The van der Waals surface area contributed by atoms with E-state index in [2.05, 4.69) is 10.6 Å². The zero-order chi connectivity index (χ0) is 33.5. The molecule has 248 valence electrons. The molecule has 0 aliphatic heterocycles. The van der Waals surface area contributed by atoms with Crippen molar-refractivity contribution in [3.8, 4) is 5.75 Å². The molecule has 1 atom stereocenters. The second kappa shape index (κ2) is 18.6. The molecule has 0 radical (unpaired) electrons. The van der Waals surface area contributed by atoms with E-state index in [1.54, 1.807) is 35.1 Å². The van der Waals surface area contributed by atoms with Gasteiger partial charge >= 0.3 is 0 Å². The van der Waals surface area contributed by atoms with Gasteiger partial charge in [-0.2, -0.15) is 0 Å². The molecular weight excluding hydrogens is 590 g/mol. The van der Waals surface area contributed by atoms with Crippen LogP contribution in [-0.2, 0) is 17.8 Å². The number of carbonyl (C=O) groups excluding carboxylic acids is 3. The molecule has 0 spiro atoms. The molecule has 0 saturated carbocycles. The minimum atomic E-state index is -0.686. The molecule has 0 aliphatic rings.